The van der Waals surface area contributed by atoms with E-state index in [1.165, 1.54) is 13.8 Å². The van der Waals surface area contributed by atoms with Gasteiger partial charge < -0.3 is 0 Å². The monoisotopic (exact) mass is 198 g/mol. The van der Waals surface area contributed by atoms with Crippen molar-refractivity contribution in [3.63, 3.8) is 0 Å². The zero-order valence-corrected chi connectivity index (χ0v) is 8.87. The van der Waals surface area contributed by atoms with Gasteiger partial charge >= 0.3 is 0 Å². The van der Waals surface area contributed by atoms with E-state index in [0.717, 1.165) is 29.9 Å². The summed E-state index contributed by atoms with van der Waals surface area (Å²) in [5.41, 5.74) is 1.53. The van der Waals surface area contributed by atoms with Crippen molar-refractivity contribution in [1.29, 1.82) is 0 Å². The van der Waals surface area contributed by atoms with Crippen molar-refractivity contribution in [3.05, 3.63) is 11.1 Å². The predicted molar refractivity (Wildman–Crippen MR) is 54.9 cm³/mol. The van der Waals surface area contributed by atoms with Gasteiger partial charge in [0.25, 0.3) is 0 Å². The van der Waals surface area contributed by atoms with Gasteiger partial charge in [-0.1, -0.05) is 5.57 Å². The molecule has 1 rings (SSSR count). The lowest BCUT2D eigenvalue weighted by atomic mass is 9.97. The maximum Gasteiger partial charge on any atom is 0.163 e. The summed E-state index contributed by atoms with van der Waals surface area (Å²) in [5.74, 6) is 1.93. The van der Waals surface area contributed by atoms with Crippen LogP contribution in [0.4, 0.5) is 0 Å². The van der Waals surface area contributed by atoms with Gasteiger partial charge in [0.15, 0.2) is 11.6 Å². The van der Waals surface area contributed by atoms with Crippen LogP contribution in [0.3, 0.4) is 0 Å². The average Bonchev–Trinajstić information content (AvgIpc) is 2.04. The third-order valence-corrected chi connectivity index (χ3v) is 3.14. The minimum atomic E-state index is -0.0746. The van der Waals surface area contributed by atoms with Crippen LogP contribution in [-0.4, -0.2) is 23.1 Å². The van der Waals surface area contributed by atoms with E-state index in [4.69, 9.17) is 0 Å². The van der Waals surface area contributed by atoms with Gasteiger partial charge in [0.1, 0.15) is 0 Å². The molecule has 0 N–H and O–H groups in total. The fraction of sp³-hybridized carbons (Fsp3) is 0.600. The van der Waals surface area contributed by atoms with Crippen LogP contribution < -0.4 is 0 Å². The highest BCUT2D eigenvalue weighted by molar-refractivity contribution is 7.99. The average molecular weight is 198 g/mol. The maximum atomic E-state index is 11.2. The SMILES string of the molecule is CC(=O)C(C(C)=O)=C1CCSCC1. The normalized spacial score (nSPS) is 16.9. The number of rotatable bonds is 2. The molecule has 1 saturated heterocycles. The molecule has 0 saturated carbocycles. The summed E-state index contributed by atoms with van der Waals surface area (Å²) in [6.45, 7) is 2.96. The zero-order chi connectivity index (χ0) is 9.84. The molecule has 0 radical (unpaired) electrons. The van der Waals surface area contributed by atoms with Crippen LogP contribution in [0.2, 0.25) is 0 Å². The first-order valence-corrected chi connectivity index (χ1v) is 5.60. The second-order valence-electron chi connectivity index (χ2n) is 3.20. The first-order chi connectivity index (χ1) is 6.13. The van der Waals surface area contributed by atoms with E-state index in [1.807, 2.05) is 11.8 Å². The zero-order valence-electron chi connectivity index (χ0n) is 8.05. The molecule has 1 heterocycles. The molecule has 1 aliphatic heterocycles. The molecule has 13 heavy (non-hydrogen) atoms. The van der Waals surface area contributed by atoms with Crippen LogP contribution in [0.25, 0.3) is 0 Å². The molecular formula is C10H14O2S. The van der Waals surface area contributed by atoms with Crippen LogP contribution >= 0.6 is 11.8 Å². The topological polar surface area (TPSA) is 34.1 Å². The fourth-order valence-corrected chi connectivity index (χ4v) is 2.60. The van der Waals surface area contributed by atoms with E-state index in [-0.39, 0.29) is 11.6 Å². The first-order valence-electron chi connectivity index (χ1n) is 4.44. The van der Waals surface area contributed by atoms with Gasteiger partial charge in [-0.05, 0) is 38.2 Å². The van der Waals surface area contributed by atoms with Crippen LogP contribution in [-0.2, 0) is 9.59 Å². The van der Waals surface area contributed by atoms with Crippen molar-refractivity contribution in [2.45, 2.75) is 26.7 Å². The second kappa shape index (κ2) is 4.61. The predicted octanol–water partition coefficient (Wildman–Crippen LogP) is 1.99. The minimum Gasteiger partial charge on any atom is -0.294 e. The largest absolute Gasteiger partial charge is 0.294 e. The van der Waals surface area contributed by atoms with Gasteiger partial charge in [-0.25, -0.2) is 0 Å². The molecule has 0 atom stereocenters. The lowest BCUT2D eigenvalue weighted by Gasteiger charge is -2.16. The van der Waals surface area contributed by atoms with Crippen molar-refractivity contribution in [2.75, 3.05) is 11.5 Å². The van der Waals surface area contributed by atoms with Crippen LogP contribution in [0, 0.1) is 0 Å². The molecule has 2 nitrogen and oxygen atoms in total. The Balaban J connectivity index is 2.93. The lowest BCUT2D eigenvalue weighted by molar-refractivity contribution is -0.119. The van der Waals surface area contributed by atoms with Crippen LogP contribution in [0.1, 0.15) is 26.7 Å². The fourth-order valence-electron chi connectivity index (χ4n) is 1.61. The van der Waals surface area contributed by atoms with Crippen LogP contribution in [0.5, 0.6) is 0 Å². The quantitative estimate of drug-likeness (QED) is 0.386. The molecule has 72 valence electrons. The number of thioether (sulfide) groups is 1. The molecular weight excluding hydrogens is 184 g/mol. The molecule has 3 heteroatoms. The van der Waals surface area contributed by atoms with Gasteiger partial charge in [-0.15, -0.1) is 0 Å². The number of carbonyl (C=O) groups excluding carboxylic acids is 2. The summed E-state index contributed by atoms with van der Waals surface area (Å²) in [7, 11) is 0. The number of ketones is 2. The molecule has 0 aromatic rings. The summed E-state index contributed by atoms with van der Waals surface area (Å²) in [6, 6.07) is 0. The molecule has 0 amide bonds. The Bertz CT molecular complexity index is 242. The van der Waals surface area contributed by atoms with Gasteiger partial charge in [0.05, 0.1) is 5.57 Å². The number of hydrogen-bond acceptors (Lipinski definition) is 3. The third kappa shape index (κ3) is 2.69. The molecule has 0 aromatic heterocycles. The van der Waals surface area contributed by atoms with Crippen LogP contribution in [0.15, 0.2) is 11.1 Å². The Morgan fingerprint density at radius 2 is 1.54 bits per heavy atom. The molecule has 1 fully saturated rings. The summed E-state index contributed by atoms with van der Waals surface area (Å²) < 4.78 is 0. The van der Waals surface area contributed by atoms with Crippen molar-refractivity contribution >= 4 is 23.3 Å². The highest BCUT2D eigenvalue weighted by Gasteiger charge is 2.17. The van der Waals surface area contributed by atoms with Gasteiger partial charge in [-0.2, -0.15) is 11.8 Å². The summed E-state index contributed by atoms with van der Waals surface area (Å²) in [5, 5.41) is 0. The van der Waals surface area contributed by atoms with E-state index in [1.54, 1.807) is 0 Å². The lowest BCUT2D eigenvalue weighted by Crippen LogP contribution is -2.13. The standard InChI is InChI=1S/C10H14O2S/c1-7(11)10(8(2)12)9-3-5-13-6-4-9/h3-6H2,1-2H3. The van der Waals surface area contributed by atoms with E-state index in [0.29, 0.717) is 5.57 Å². The third-order valence-electron chi connectivity index (χ3n) is 2.15. The molecule has 0 aromatic carbocycles. The van der Waals surface area contributed by atoms with E-state index < -0.39 is 0 Å². The summed E-state index contributed by atoms with van der Waals surface area (Å²) in [4.78, 5) is 22.4. The Labute approximate surface area is 82.8 Å². The Morgan fingerprint density at radius 3 is 1.92 bits per heavy atom. The smallest absolute Gasteiger partial charge is 0.163 e. The molecule has 0 aliphatic carbocycles. The van der Waals surface area contributed by atoms with Crippen molar-refractivity contribution in [2.24, 2.45) is 0 Å². The number of hydrogen-bond donors (Lipinski definition) is 0. The summed E-state index contributed by atoms with van der Waals surface area (Å²) >= 11 is 1.88. The van der Waals surface area contributed by atoms with Gasteiger partial charge in [0, 0.05) is 0 Å². The van der Waals surface area contributed by atoms with E-state index >= 15 is 0 Å². The Kier molecular flexibility index (Phi) is 3.72. The van der Waals surface area contributed by atoms with E-state index in [9.17, 15) is 9.59 Å². The molecule has 1 aliphatic rings. The molecule has 0 bridgehead atoms. The van der Waals surface area contributed by atoms with Crippen molar-refractivity contribution < 1.29 is 9.59 Å². The molecule has 0 unspecified atom stereocenters. The van der Waals surface area contributed by atoms with E-state index in [2.05, 4.69) is 0 Å². The molecule has 0 spiro atoms. The second-order valence-corrected chi connectivity index (χ2v) is 4.43. The maximum absolute atomic E-state index is 11.2. The number of Topliss-reactive ketones (excluding diaryl/α,β-unsaturated/α-hetero) is 2. The summed E-state index contributed by atoms with van der Waals surface area (Å²) in [6.07, 6.45) is 1.80. The highest BCUT2D eigenvalue weighted by atomic mass is 32.2. The Hall–Kier alpha value is -0.570. The first kappa shape index (κ1) is 10.5. The number of carbonyl (C=O) groups is 2. The van der Waals surface area contributed by atoms with Crippen molar-refractivity contribution in [3.8, 4) is 0 Å². The number of allylic oxidation sites excluding steroid dienone is 2. The van der Waals surface area contributed by atoms with Gasteiger partial charge in [0.2, 0.25) is 0 Å². The Morgan fingerprint density at radius 1 is 1.08 bits per heavy atom. The van der Waals surface area contributed by atoms with Gasteiger partial charge in [-0.3, -0.25) is 9.59 Å². The van der Waals surface area contributed by atoms with Crippen molar-refractivity contribution in [1.82, 2.24) is 0 Å². The highest BCUT2D eigenvalue weighted by Crippen LogP contribution is 2.25. The minimum absolute atomic E-state index is 0.0746.